The Balaban J connectivity index is 1.96. The summed E-state index contributed by atoms with van der Waals surface area (Å²) in [4.78, 5) is 8.65. The fourth-order valence-electron chi connectivity index (χ4n) is 3.20. The van der Waals surface area contributed by atoms with E-state index in [-0.39, 0.29) is 10.9 Å². The first-order valence-corrected chi connectivity index (χ1v) is 9.05. The number of rotatable bonds is 1. The molecule has 1 saturated heterocycles. The summed E-state index contributed by atoms with van der Waals surface area (Å²) in [5, 5.41) is 0. The van der Waals surface area contributed by atoms with Gasteiger partial charge in [0, 0.05) is 43.7 Å². The van der Waals surface area contributed by atoms with E-state index in [9.17, 15) is 17.4 Å². The second-order valence-corrected chi connectivity index (χ2v) is 7.86. The fraction of sp³-hybridized carbons (Fsp3) is 0.667. The van der Waals surface area contributed by atoms with Gasteiger partial charge in [0.05, 0.1) is 21.3 Å². The smallest absolute Gasteiger partial charge is 0.350 e. The molecule has 1 aromatic rings. The van der Waals surface area contributed by atoms with E-state index in [1.54, 1.807) is 0 Å². The Morgan fingerprint density at radius 3 is 2.74 bits per heavy atom. The highest BCUT2D eigenvalue weighted by Gasteiger charge is 2.37. The van der Waals surface area contributed by atoms with E-state index >= 15 is 0 Å². The number of nitrogens with zero attached hydrogens (tertiary/aromatic N) is 3. The van der Waals surface area contributed by atoms with Crippen molar-refractivity contribution in [1.29, 1.82) is 0 Å². The molecule has 0 saturated carbocycles. The Morgan fingerprint density at radius 2 is 2.09 bits per heavy atom. The molecule has 0 bridgehead atoms. The van der Waals surface area contributed by atoms with Crippen LogP contribution in [-0.2, 0) is 17.0 Å². The molecule has 3 heterocycles. The molecule has 4 nitrogen and oxygen atoms in total. The van der Waals surface area contributed by atoms with Gasteiger partial charge in [-0.2, -0.15) is 13.2 Å². The lowest BCUT2D eigenvalue weighted by molar-refractivity contribution is -0.138. The van der Waals surface area contributed by atoms with Crippen LogP contribution in [0.4, 0.5) is 19.0 Å². The molecule has 0 N–H and O–H groups in total. The predicted octanol–water partition coefficient (Wildman–Crippen LogP) is 2.51. The molecule has 1 fully saturated rings. The molecule has 2 aliphatic rings. The summed E-state index contributed by atoms with van der Waals surface area (Å²) in [7, 11) is -1.44. The average molecular weight is 347 g/mol. The van der Waals surface area contributed by atoms with Crippen molar-refractivity contribution in [3.63, 3.8) is 0 Å². The molecule has 0 spiro atoms. The molecule has 128 valence electrons. The Bertz CT molecular complexity index is 620. The quantitative estimate of drug-likeness (QED) is 0.782. The number of aromatic nitrogens is 1. The van der Waals surface area contributed by atoms with Crippen LogP contribution < -0.4 is 4.90 Å². The lowest BCUT2D eigenvalue weighted by Crippen LogP contribution is -2.55. The molecule has 3 rings (SSSR count). The van der Waals surface area contributed by atoms with Crippen LogP contribution in [0.1, 0.15) is 25.8 Å². The van der Waals surface area contributed by atoms with E-state index in [0.717, 1.165) is 25.4 Å². The van der Waals surface area contributed by atoms with Crippen molar-refractivity contribution in [2.45, 2.75) is 43.4 Å². The highest BCUT2D eigenvalue weighted by atomic mass is 32.2. The average Bonchev–Trinajstić information content (AvgIpc) is 2.63. The van der Waals surface area contributed by atoms with Gasteiger partial charge >= 0.3 is 6.18 Å². The zero-order valence-electron chi connectivity index (χ0n) is 13.1. The minimum Gasteiger partial charge on any atom is -0.350 e. The van der Waals surface area contributed by atoms with E-state index in [0.29, 0.717) is 30.6 Å². The third kappa shape index (κ3) is 3.24. The van der Waals surface area contributed by atoms with Gasteiger partial charge in [0.2, 0.25) is 0 Å². The van der Waals surface area contributed by atoms with Gasteiger partial charge in [-0.05, 0) is 26.3 Å². The maximum Gasteiger partial charge on any atom is 0.417 e. The largest absolute Gasteiger partial charge is 0.417 e. The molecule has 0 radical (unpaired) electrons. The minimum atomic E-state index is -4.46. The zero-order valence-corrected chi connectivity index (χ0v) is 14.0. The first kappa shape index (κ1) is 16.7. The molecule has 1 aromatic heterocycles. The number of piperazine rings is 1. The molecule has 2 atom stereocenters. The van der Waals surface area contributed by atoms with E-state index in [4.69, 9.17) is 0 Å². The number of alkyl halides is 3. The Labute approximate surface area is 136 Å². The van der Waals surface area contributed by atoms with Gasteiger partial charge < -0.3 is 4.90 Å². The third-order valence-electron chi connectivity index (χ3n) is 4.56. The third-order valence-corrected chi connectivity index (χ3v) is 5.96. The minimum absolute atomic E-state index is 0.153. The SMILES string of the molecule is CC(C)N1CCN2c3ncc(C(F)(F)F)cc3[S@](=O)CC[C@H]2C1. The number of fused-ring (bicyclic) bond motifs is 3. The van der Waals surface area contributed by atoms with Crippen molar-refractivity contribution in [2.75, 3.05) is 30.3 Å². The van der Waals surface area contributed by atoms with Crippen LogP contribution in [0.3, 0.4) is 0 Å². The summed E-state index contributed by atoms with van der Waals surface area (Å²) in [6.07, 6.45) is -2.91. The van der Waals surface area contributed by atoms with Gasteiger partial charge in [-0.25, -0.2) is 4.98 Å². The van der Waals surface area contributed by atoms with Crippen LogP contribution in [0.5, 0.6) is 0 Å². The molecule has 8 heteroatoms. The van der Waals surface area contributed by atoms with Crippen molar-refractivity contribution in [3.05, 3.63) is 17.8 Å². The topological polar surface area (TPSA) is 36.4 Å². The van der Waals surface area contributed by atoms with Crippen molar-refractivity contribution < 1.29 is 17.4 Å². The van der Waals surface area contributed by atoms with Gasteiger partial charge in [-0.15, -0.1) is 0 Å². The first-order chi connectivity index (χ1) is 10.8. The first-order valence-electron chi connectivity index (χ1n) is 7.73. The van der Waals surface area contributed by atoms with Crippen LogP contribution in [0.2, 0.25) is 0 Å². The van der Waals surface area contributed by atoms with E-state index in [1.165, 1.54) is 0 Å². The molecule has 0 aromatic carbocycles. The Kier molecular flexibility index (Phi) is 4.39. The molecular weight excluding hydrogens is 327 g/mol. The summed E-state index contributed by atoms with van der Waals surface area (Å²) in [6, 6.07) is 1.59. The molecule has 23 heavy (non-hydrogen) atoms. The molecule has 0 amide bonds. The van der Waals surface area contributed by atoms with Crippen molar-refractivity contribution in [2.24, 2.45) is 0 Å². The second kappa shape index (κ2) is 6.05. The van der Waals surface area contributed by atoms with Gasteiger partial charge in [0.15, 0.2) is 0 Å². The summed E-state index contributed by atoms with van der Waals surface area (Å²) in [6.45, 7) is 6.63. The fourth-order valence-corrected chi connectivity index (χ4v) is 4.54. The van der Waals surface area contributed by atoms with E-state index in [2.05, 4.69) is 23.7 Å². The maximum absolute atomic E-state index is 12.9. The van der Waals surface area contributed by atoms with Crippen LogP contribution >= 0.6 is 0 Å². The molecule has 0 aliphatic carbocycles. The molecule has 2 aliphatic heterocycles. The maximum atomic E-state index is 12.9. The lowest BCUT2D eigenvalue weighted by atomic mass is 10.1. The van der Waals surface area contributed by atoms with Crippen molar-refractivity contribution in [1.82, 2.24) is 9.88 Å². The summed E-state index contributed by atoms with van der Waals surface area (Å²) in [5.41, 5.74) is -0.830. The number of halogens is 3. The predicted molar refractivity (Wildman–Crippen MR) is 83.0 cm³/mol. The normalized spacial score (nSPS) is 25.9. The second-order valence-electron chi connectivity index (χ2n) is 6.32. The van der Waals surface area contributed by atoms with Crippen LogP contribution in [0.25, 0.3) is 0 Å². The highest BCUT2D eigenvalue weighted by molar-refractivity contribution is 7.85. The molecule has 0 unspecified atom stereocenters. The van der Waals surface area contributed by atoms with E-state index < -0.39 is 22.5 Å². The van der Waals surface area contributed by atoms with Crippen LogP contribution in [0.15, 0.2) is 17.2 Å². The van der Waals surface area contributed by atoms with Crippen molar-refractivity contribution in [3.8, 4) is 0 Å². The summed E-state index contributed by atoms with van der Waals surface area (Å²) < 4.78 is 51.1. The number of hydrogen-bond donors (Lipinski definition) is 0. The van der Waals surface area contributed by atoms with Crippen molar-refractivity contribution >= 4 is 16.6 Å². The number of pyridine rings is 1. The summed E-state index contributed by atoms with van der Waals surface area (Å²) in [5.74, 6) is 0.838. The van der Waals surface area contributed by atoms with Crippen LogP contribution in [-0.4, -0.2) is 51.6 Å². The zero-order chi connectivity index (χ0) is 16.8. The van der Waals surface area contributed by atoms with E-state index in [1.807, 2.05) is 4.90 Å². The van der Waals surface area contributed by atoms with Gasteiger partial charge in [0.25, 0.3) is 0 Å². The van der Waals surface area contributed by atoms with Gasteiger partial charge in [0.1, 0.15) is 5.82 Å². The summed E-state index contributed by atoms with van der Waals surface area (Å²) >= 11 is 0. The monoisotopic (exact) mass is 347 g/mol. The standard InChI is InChI=1S/C15H20F3N3OS/c1-10(2)20-4-5-21-12(9-20)3-6-23(22)13-7-11(15(16,17)18)8-19-14(13)21/h7-8,10,12H,3-6,9H2,1-2H3/t12-,23+/m0/s1. The Hall–Kier alpha value is -1.15. The number of hydrogen-bond acceptors (Lipinski definition) is 4. The highest BCUT2D eigenvalue weighted by Crippen LogP contribution is 2.36. The lowest BCUT2D eigenvalue weighted by Gasteiger charge is -2.43. The van der Waals surface area contributed by atoms with Gasteiger partial charge in [-0.3, -0.25) is 9.11 Å². The number of anilines is 1. The van der Waals surface area contributed by atoms with Gasteiger partial charge in [-0.1, -0.05) is 0 Å². The Morgan fingerprint density at radius 1 is 1.35 bits per heavy atom. The molecular formula is C15H20F3N3OS. The van der Waals surface area contributed by atoms with Crippen LogP contribution in [0, 0.1) is 0 Å².